The van der Waals surface area contributed by atoms with Gasteiger partial charge in [-0.05, 0) is 17.7 Å². The van der Waals surface area contributed by atoms with E-state index in [1.165, 1.54) is 4.68 Å². The van der Waals surface area contributed by atoms with E-state index < -0.39 is 0 Å². The number of aryl methyl sites for hydroxylation is 1. The smallest absolute Gasteiger partial charge is 0.274 e. The largest absolute Gasteiger partial charge is 0.378 e. The number of hydrogen-bond donors (Lipinski definition) is 0. The Hall–Kier alpha value is -1.84. The van der Waals surface area contributed by atoms with Crippen molar-refractivity contribution >= 4 is 47.4 Å². The quantitative estimate of drug-likeness (QED) is 0.643. The molecule has 0 atom stereocenters. The Labute approximate surface area is 203 Å². The van der Waals surface area contributed by atoms with Gasteiger partial charge in [-0.25, -0.2) is 0 Å². The third-order valence-electron chi connectivity index (χ3n) is 5.68. The first-order valence-corrected chi connectivity index (χ1v) is 11.0. The molecule has 2 aliphatic rings. The summed E-state index contributed by atoms with van der Waals surface area (Å²) in [6, 6.07) is 7.11. The number of aromatic nitrogens is 2. The van der Waals surface area contributed by atoms with E-state index in [0.717, 1.165) is 18.7 Å². The third kappa shape index (κ3) is 5.55. The second-order valence-electron chi connectivity index (χ2n) is 7.75. The van der Waals surface area contributed by atoms with Gasteiger partial charge in [0.1, 0.15) is 5.69 Å². The predicted octanol–water partition coefficient (Wildman–Crippen LogP) is 2.58. The number of benzene rings is 1. The zero-order valence-electron chi connectivity index (χ0n) is 17.8. The molecule has 8 nitrogen and oxygen atoms in total. The third-order valence-corrected chi connectivity index (χ3v) is 6.27. The molecule has 1 aromatic heterocycles. The molecule has 2 fully saturated rings. The highest BCUT2D eigenvalue weighted by molar-refractivity contribution is 6.35. The first-order valence-electron chi connectivity index (χ1n) is 10.3. The number of ether oxygens (including phenoxy) is 1. The summed E-state index contributed by atoms with van der Waals surface area (Å²) in [6.07, 6.45) is 0. The van der Waals surface area contributed by atoms with Crippen LogP contribution in [0.1, 0.15) is 26.5 Å². The van der Waals surface area contributed by atoms with E-state index in [4.69, 9.17) is 27.9 Å². The molecule has 0 radical (unpaired) electrons. The van der Waals surface area contributed by atoms with Gasteiger partial charge in [0.15, 0.2) is 5.69 Å². The minimum Gasteiger partial charge on any atom is -0.378 e. The molecule has 4 rings (SSSR count). The van der Waals surface area contributed by atoms with Gasteiger partial charge in [-0.15, -0.1) is 12.4 Å². The monoisotopic (exact) mass is 501 g/mol. The Morgan fingerprint density at radius 2 is 1.62 bits per heavy atom. The van der Waals surface area contributed by atoms with Crippen LogP contribution in [0.25, 0.3) is 0 Å². The second-order valence-corrected chi connectivity index (χ2v) is 8.59. The fourth-order valence-electron chi connectivity index (χ4n) is 3.86. The van der Waals surface area contributed by atoms with Crippen molar-refractivity contribution in [1.82, 2.24) is 24.5 Å². The van der Waals surface area contributed by atoms with Crippen LogP contribution in [0.2, 0.25) is 10.0 Å². The van der Waals surface area contributed by atoms with Crippen LogP contribution in [0, 0.1) is 0 Å². The molecule has 0 spiro atoms. The highest BCUT2D eigenvalue weighted by atomic mass is 35.5. The average Bonchev–Trinajstić information content (AvgIpc) is 3.17. The van der Waals surface area contributed by atoms with Crippen LogP contribution in [0.3, 0.4) is 0 Å². The molecule has 32 heavy (non-hydrogen) atoms. The Bertz CT molecular complexity index is 970. The molecule has 174 valence electrons. The van der Waals surface area contributed by atoms with Gasteiger partial charge in [-0.1, -0.05) is 29.3 Å². The first-order chi connectivity index (χ1) is 14.9. The lowest BCUT2D eigenvalue weighted by atomic mass is 10.2. The molecule has 2 aromatic rings. The number of morpholine rings is 1. The lowest BCUT2D eigenvalue weighted by Gasteiger charge is -2.34. The van der Waals surface area contributed by atoms with Gasteiger partial charge < -0.3 is 14.5 Å². The van der Waals surface area contributed by atoms with Crippen molar-refractivity contribution in [1.29, 1.82) is 0 Å². The van der Waals surface area contributed by atoms with Gasteiger partial charge in [0.05, 0.1) is 13.2 Å². The minimum atomic E-state index is -0.164. The van der Waals surface area contributed by atoms with E-state index >= 15 is 0 Å². The molecular weight excluding hydrogens is 477 g/mol. The van der Waals surface area contributed by atoms with E-state index in [9.17, 15) is 9.59 Å². The fourth-order valence-corrected chi connectivity index (χ4v) is 4.33. The normalized spacial score (nSPS) is 17.2. The molecule has 0 N–H and O–H groups in total. The SMILES string of the molecule is Cl.Cn1nc(C(=O)N2CCOCC2)cc1C(=O)N1CCN(Cc2ccc(Cl)cc2Cl)CC1. The summed E-state index contributed by atoms with van der Waals surface area (Å²) in [7, 11) is 1.70. The van der Waals surface area contributed by atoms with Crippen LogP contribution in [-0.4, -0.2) is 88.8 Å². The molecule has 0 unspecified atom stereocenters. The van der Waals surface area contributed by atoms with E-state index in [2.05, 4.69) is 10.00 Å². The number of rotatable bonds is 4. The molecule has 0 bridgehead atoms. The van der Waals surface area contributed by atoms with Crippen molar-refractivity contribution in [2.75, 3.05) is 52.5 Å². The Morgan fingerprint density at radius 3 is 2.28 bits per heavy atom. The zero-order chi connectivity index (χ0) is 22.0. The minimum absolute atomic E-state index is 0. The van der Waals surface area contributed by atoms with E-state index in [1.54, 1.807) is 29.0 Å². The maximum atomic E-state index is 13.1. The summed E-state index contributed by atoms with van der Waals surface area (Å²) < 4.78 is 6.79. The van der Waals surface area contributed by atoms with Crippen LogP contribution in [0.15, 0.2) is 24.3 Å². The molecule has 2 saturated heterocycles. The van der Waals surface area contributed by atoms with Gasteiger partial charge in [0, 0.05) is 69.0 Å². The molecule has 0 aliphatic carbocycles. The van der Waals surface area contributed by atoms with Crippen molar-refractivity contribution in [3.05, 3.63) is 51.3 Å². The lowest BCUT2D eigenvalue weighted by molar-refractivity contribution is 0.0298. The molecule has 11 heteroatoms. The van der Waals surface area contributed by atoms with Crippen LogP contribution in [0.4, 0.5) is 0 Å². The highest BCUT2D eigenvalue weighted by Crippen LogP contribution is 2.23. The molecule has 2 aliphatic heterocycles. The van der Waals surface area contributed by atoms with Crippen molar-refractivity contribution in [2.24, 2.45) is 7.05 Å². The number of hydrogen-bond acceptors (Lipinski definition) is 5. The highest BCUT2D eigenvalue weighted by Gasteiger charge is 2.28. The Morgan fingerprint density at radius 1 is 0.969 bits per heavy atom. The van der Waals surface area contributed by atoms with Crippen molar-refractivity contribution in [3.63, 3.8) is 0 Å². The molecule has 0 saturated carbocycles. The predicted molar refractivity (Wildman–Crippen MR) is 125 cm³/mol. The molecule has 3 heterocycles. The van der Waals surface area contributed by atoms with Crippen LogP contribution in [-0.2, 0) is 18.3 Å². The summed E-state index contributed by atoms with van der Waals surface area (Å²) in [5, 5.41) is 5.56. The zero-order valence-corrected chi connectivity index (χ0v) is 20.1. The van der Waals surface area contributed by atoms with Gasteiger partial charge in [-0.2, -0.15) is 5.10 Å². The van der Waals surface area contributed by atoms with Gasteiger partial charge in [0.2, 0.25) is 0 Å². The average molecular weight is 503 g/mol. The molecular formula is C21H26Cl3N5O3. The van der Waals surface area contributed by atoms with E-state index in [0.29, 0.717) is 67.4 Å². The van der Waals surface area contributed by atoms with Crippen LogP contribution >= 0.6 is 35.6 Å². The van der Waals surface area contributed by atoms with E-state index in [1.807, 2.05) is 12.1 Å². The number of carbonyl (C=O) groups is 2. The van der Waals surface area contributed by atoms with Crippen molar-refractivity contribution in [2.45, 2.75) is 6.54 Å². The van der Waals surface area contributed by atoms with Gasteiger partial charge in [-0.3, -0.25) is 19.2 Å². The number of halogens is 3. The summed E-state index contributed by atoms with van der Waals surface area (Å²) in [4.78, 5) is 31.5. The summed E-state index contributed by atoms with van der Waals surface area (Å²) in [5.41, 5.74) is 1.73. The summed E-state index contributed by atoms with van der Waals surface area (Å²) >= 11 is 12.3. The number of carbonyl (C=O) groups excluding carboxylic acids is 2. The van der Waals surface area contributed by atoms with Gasteiger partial charge in [0.25, 0.3) is 11.8 Å². The maximum Gasteiger partial charge on any atom is 0.274 e. The van der Waals surface area contributed by atoms with Crippen molar-refractivity contribution in [3.8, 4) is 0 Å². The van der Waals surface area contributed by atoms with Crippen LogP contribution in [0.5, 0.6) is 0 Å². The summed E-state index contributed by atoms with van der Waals surface area (Å²) in [6.45, 7) is 5.51. The Balaban J connectivity index is 0.00000289. The number of piperazine rings is 1. The topological polar surface area (TPSA) is 70.9 Å². The van der Waals surface area contributed by atoms with E-state index in [-0.39, 0.29) is 24.2 Å². The second kappa shape index (κ2) is 10.9. The number of amides is 2. The maximum absolute atomic E-state index is 13.1. The fraction of sp³-hybridized carbons (Fsp3) is 0.476. The van der Waals surface area contributed by atoms with Gasteiger partial charge >= 0.3 is 0 Å². The first kappa shape index (κ1) is 24.8. The standard InChI is InChI=1S/C21H25Cl2N5O3.ClH/c1-25-19(13-18(24-25)20(29)28-8-10-31-11-9-28)21(30)27-6-4-26(5-7-27)14-15-2-3-16(22)12-17(15)23;/h2-3,12-13H,4-11,14H2,1H3;1H. The van der Waals surface area contributed by atoms with Crippen LogP contribution < -0.4 is 0 Å². The lowest BCUT2D eigenvalue weighted by Crippen LogP contribution is -2.48. The summed E-state index contributed by atoms with van der Waals surface area (Å²) in [5.74, 6) is -0.275. The number of nitrogens with zero attached hydrogens (tertiary/aromatic N) is 5. The Kier molecular flexibility index (Phi) is 8.41. The van der Waals surface area contributed by atoms with Crippen molar-refractivity contribution < 1.29 is 14.3 Å². The molecule has 1 aromatic carbocycles. The molecule has 2 amide bonds.